The van der Waals surface area contributed by atoms with Crippen molar-refractivity contribution in [3.63, 3.8) is 0 Å². The van der Waals surface area contributed by atoms with Crippen molar-refractivity contribution in [3.05, 3.63) is 53.3 Å². The molecule has 0 aliphatic heterocycles. The second-order valence-electron chi connectivity index (χ2n) is 4.00. The van der Waals surface area contributed by atoms with Crippen molar-refractivity contribution in [2.24, 2.45) is 0 Å². The van der Waals surface area contributed by atoms with Gasteiger partial charge in [0, 0.05) is 11.8 Å². The minimum Gasteiger partial charge on any atom is -0.496 e. The molecule has 92 valence electrons. The number of carbonyl (C=O) groups is 1. The van der Waals surface area contributed by atoms with Gasteiger partial charge in [0.1, 0.15) is 5.75 Å². The monoisotopic (exact) mass is 242 g/mol. The summed E-state index contributed by atoms with van der Waals surface area (Å²) in [6.45, 7) is 1.91. The molecule has 0 aliphatic rings. The first kappa shape index (κ1) is 12.2. The van der Waals surface area contributed by atoms with Crippen LogP contribution in [0.5, 0.6) is 5.75 Å². The first-order valence-electron chi connectivity index (χ1n) is 5.65. The number of Topliss-reactive ketones (excluding diaryl/α,β-unsaturated/α-hetero) is 1. The van der Waals surface area contributed by atoms with Gasteiger partial charge < -0.3 is 4.74 Å². The van der Waals surface area contributed by atoms with Gasteiger partial charge in [-0.15, -0.1) is 0 Å². The third-order valence-electron chi connectivity index (χ3n) is 2.69. The minimum atomic E-state index is 0.0289. The van der Waals surface area contributed by atoms with Crippen LogP contribution in [0.3, 0.4) is 0 Å². The van der Waals surface area contributed by atoms with E-state index in [2.05, 4.69) is 10.2 Å². The quantitative estimate of drug-likeness (QED) is 0.771. The molecule has 0 fully saturated rings. The molecule has 0 spiro atoms. The van der Waals surface area contributed by atoms with E-state index in [1.54, 1.807) is 37.6 Å². The molecule has 18 heavy (non-hydrogen) atoms. The van der Waals surface area contributed by atoms with E-state index < -0.39 is 0 Å². The number of hydrogen-bond acceptors (Lipinski definition) is 4. The Morgan fingerprint density at radius 2 is 2.17 bits per heavy atom. The fourth-order valence-corrected chi connectivity index (χ4v) is 1.75. The number of hydrogen-bond donors (Lipinski definition) is 0. The molecule has 0 radical (unpaired) electrons. The number of ether oxygens (including phenoxy) is 1. The summed E-state index contributed by atoms with van der Waals surface area (Å²) in [4.78, 5) is 12.1. The molecular formula is C14H14N2O2. The number of benzene rings is 1. The van der Waals surface area contributed by atoms with Crippen molar-refractivity contribution in [3.8, 4) is 5.75 Å². The van der Waals surface area contributed by atoms with Gasteiger partial charge in [0.05, 0.1) is 19.2 Å². The van der Waals surface area contributed by atoms with Gasteiger partial charge >= 0.3 is 0 Å². The number of aryl methyl sites for hydroxylation is 1. The van der Waals surface area contributed by atoms with Gasteiger partial charge in [0.15, 0.2) is 5.78 Å². The van der Waals surface area contributed by atoms with Crippen LogP contribution < -0.4 is 4.74 Å². The molecule has 2 rings (SSSR count). The molecule has 0 atom stereocenters. The molecule has 2 aromatic rings. The van der Waals surface area contributed by atoms with Crippen LogP contribution in [0.4, 0.5) is 0 Å². The highest BCUT2D eigenvalue weighted by Gasteiger charge is 2.09. The molecule has 0 amide bonds. The zero-order valence-corrected chi connectivity index (χ0v) is 10.4. The maximum Gasteiger partial charge on any atom is 0.168 e. The normalized spacial score (nSPS) is 10.1. The standard InChI is InChI=1S/C14H14N2O2/c1-10-8-11(5-6-14(10)18-2)13(17)9-12-4-3-7-15-16-12/h3-8H,9H2,1-2H3. The summed E-state index contributed by atoms with van der Waals surface area (Å²) in [7, 11) is 1.61. The van der Waals surface area contributed by atoms with E-state index in [4.69, 9.17) is 4.74 Å². The summed E-state index contributed by atoms with van der Waals surface area (Å²) in [6, 6.07) is 8.97. The van der Waals surface area contributed by atoms with E-state index in [0.29, 0.717) is 11.3 Å². The van der Waals surface area contributed by atoms with E-state index in [1.165, 1.54) is 0 Å². The molecule has 1 heterocycles. The summed E-state index contributed by atoms with van der Waals surface area (Å²) >= 11 is 0. The average Bonchev–Trinajstić information content (AvgIpc) is 2.39. The van der Waals surface area contributed by atoms with Gasteiger partial charge in [0.25, 0.3) is 0 Å². The van der Waals surface area contributed by atoms with Crippen LogP contribution in [0.15, 0.2) is 36.5 Å². The second-order valence-corrected chi connectivity index (χ2v) is 4.00. The zero-order valence-electron chi connectivity index (χ0n) is 10.4. The zero-order chi connectivity index (χ0) is 13.0. The van der Waals surface area contributed by atoms with E-state index in [9.17, 15) is 4.79 Å². The van der Waals surface area contributed by atoms with Gasteiger partial charge in [-0.05, 0) is 42.8 Å². The van der Waals surface area contributed by atoms with Crippen LogP contribution in [-0.4, -0.2) is 23.1 Å². The molecule has 0 saturated heterocycles. The van der Waals surface area contributed by atoms with Gasteiger partial charge in [0.2, 0.25) is 0 Å². The molecule has 1 aromatic heterocycles. The third-order valence-corrected chi connectivity index (χ3v) is 2.69. The summed E-state index contributed by atoms with van der Waals surface area (Å²) < 4.78 is 5.16. The van der Waals surface area contributed by atoms with Crippen LogP contribution in [0.25, 0.3) is 0 Å². The summed E-state index contributed by atoms with van der Waals surface area (Å²) in [5.41, 5.74) is 2.29. The number of carbonyl (C=O) groups excluding carboxylic acids is 1. The fraction of sp³-hybridized carbons (Fsp3) is 0.214. The number of ketones is 1. The van der Waals surface area contributed by atoms with Gasteiger partial charge in [-0.2, -0.15) is 10.2 Å². The lowest BCUT2D eigenvalue weighted by Gasteiger charge is -2.06. The summed E-state index contributed by atoms with van der Waals surface area (Å²) in [6.07, 6.45) is 1.85. The Labute approximate surface area is 106 Å². The number of methoxy groups -OCH3 is 1. The van der Waals surface area contributed by atoms with Gasteiger partial charge in [-0.25, -0.2) is 0 Å². The van der Waals surface area contributed by atoms with Gasteiger partial charge in [-0.1, -0.05) is 0 Å². The lowest BCUT2D eigenvalue weighted by Crippen LogP contribution is -2.06. The molecule has 4 heteroatoms. The third kappa shape index (κ3) is 2.71. The maximum absolute atomic E-state index is 12.1. The molecule has 4 nitrogen and oxygen atoms in total. The highest BCUT2D eigenvalue weighted by Crippen LogP contribution is 2.19. The van der Waals surface area contributed by atoms with E-state index in [1.807, 2.05) is 13.0 Å². The Morgan fingerprint density at radius 3 is 2.78 bits per heavy atom. The smallest absolute Gasteiger partial charge is 0.168 e. The second kappa shape index (κ2) is 5.40. The fourth-order valence-electron chi connectivity index (χ4n) is 1.75. The molecule has 0 bridgehead atoms. The molecule has 0 aliphatic carbocycles. The Balaban J connectivity index is 2.17. The molecule has 0 unspecified atom stereocenters. The number of nitrogens with zero attached hydrogens (tertiary/aromatic N) is 2. The van der Waals surface area contributed by atoms with Crippen LogP contribution in [0.2, 0.25) is 0 Å². The number of rotatable bonds is 4. The predicted molar refractivity (Wildman–Crippen MR) is 67.8 cm³/mol. The number of aromatic nitrogens is 2. The van der Waals surface area contributed by atoms with E-state index >= 15 is 0 Å². The highest BCUT2D eigenvalue weighted by molar-refractivity contribution is 5.97. The van der Waals surface area contributed by atoms with Crippen molar-refractivity contribution >= 4 is 5.78 Å². The topological polar surface area (TPSA) is 52.1 Å². The van der Waals surface area contributed by atoms with E-state index in [0.717, 1.165) is 11.3 Å². The SMILES string of the molecule is COc1ccc(C(=O)Cc2cccnn2)cc1C. The Hall–Kier alpha value is -2.23. The molecule has 0 saturated carbocycles. The molecular weight excluding hydrogens is 228 g/mol. The van der Waals surface area contributed by atoms with Crippen molar-refractivity contribution < 1.29 is 9.53 Å². The van der Waals surface area contributed by atoms with Crippen molar-refractivity contribution in [1.29, 1.82) is 0 Å². The lowest BCUT2D eigenvalue weighted by molar-refractivity contribution is 0.0991. The van der Waals surface area contributed by atoms with Crippen molar-refractivity contribution in [1.82, 2.24) is 10.2 Å². The Kier molecular flexibility index (Phi) is 3.67. The summed E-state index contributed by atoms with van der Waals surface area (Å²) in [5, 5.41) is 7.66. The predicted octanol–water partition coefficient (Wildman–Crippen LogP) is 2.22. The maximum atomic E-state index is 12.1. The molecule has 0 N–H and O–H groups in total. The Bertz CT molecular complexity index is 553. The largest absolute Gasteiger partial charge is 0.496 e. The highest BCUT2D eigenvalue weighted by atomic mass is 16.5. The van der Waals surface area contributed by atoms with Crippen LogP contribution in [-0.2, 0) is 6.42 Å². The van der Waals surface area contributed by atoms with Gasteiger partial charge in [-0.3, -0.25) is 4.79 Å². The minimum absolute atomic E-state index is 0.0289. The molecule has 1 aromatic carbocycles. The van der Waals surface area contributed by atoms with Crippen molar-refractivity contribution in [2.45, 2.75) is 13.3 Å². The van der Waals surface area contributed by atoms with E-state index in [-0.39, 0.29) is 12.2 Å². The van der Waals surface area contributed by atoms with Crippen LogP contribution >= 0.6 is 0 Å². The first-order valence-corrected chi connectivity index (χ1v) is 5.65. The Morgan fingerprint density at radius 1 is 1.33 bits per heavy atom. The van der Waals surface area contributed by atoms with Crippen LogP contribution in [0.1, 0.15) is 21.6 Å². The summed E-state index contributed by atoms with van der Waals surface area (Å²) in [5.74, 6) is 0.812. The van der Waals surface area contributed by atoms with Crippen LogP contribution in [0, 0.1) is 6.92 Å². The lowest BCUT2D eigenvalue weighted by atomic mass is 10.0. The first-order chi connectivity index (χ1) is 8.70. The van der Waals surface area contributed by atoms with Crippen molar-refractivity contribution in [2.75, 3.05) is 7.11 Å². The average molecular weight is 242 g/mol.